The molecule has 0 N–H and O–H groups in total. The van der Waals surface area contributed by atoms with Crippen LogP contribution in [0.4, 0.5) is 0 Å². The minimum Gasteiger partial charge on any atom is -0.295 e. The lowest BCUT2D eigenvalue weighted by atomic mass is 9.83. The second-order valence-corrected chi connectivity index (χ2v) is 9.30. The minimum atomic E-state index is 0.0223. The summed E-state index contributed by atoms with van der Waals surface area (Å²) in [6.45, 7) is 8.25. The number of aromatic nitrogens is 1. The number of hydrogen-bond donors (Lipinski definition) is 0. The molecule has 1 aromatic carbocycles. The molecule has 134 valence electrons. The summed E-state index contributed by atoms with van der Waals surface area (Å²) in [6, 6.07) is 6.35. The van der Waals surface area contributed by atoms with E-state index in [1.807, 2.05) is 11.6 Å². The van der Waals surface area contributed by atoms with Gasteiger partial charge < -0.3 is 0 Å². The number of rotatable bonds is 4. The molecule has 0 spiro atoms. The Kier molecular flexibility index (Phi) is 5.43. The number of Topliss-reactive ketones (excluding diaryl/α,β-unsaturated/α-hetero) is 1. The first-order valence-corrected chi connectivity index (χ1v) is 10.3. The van der Waals surface area contributed by atoms with Crippen LogP contribution in [0.2, 0.25) is 0 Å². The molecule has 1 aromatic heterocycles. The van der Waals surface area contributed by atoms with Crippen molar-refractivity contribution in [2.24, 2.45) is 5.92 Å². The van der Waals surface area contributed by atoms with Crippen molar-refractivity contribution in [3.63, 3.8) is 0 Å². The first-order valence-electron chi connectivity index (χ1n) is 9.44. The molecule has 1 saturated carbocycles. The third-order valence-electron chi connectivity index (χ3n) is 5.32. The molecule has 0 unspecified atom stereocenters. The summed E-state index contributed by atoms with van der Waals surface area (Å²) in [6.07, 6.45) is 7.84. The fraction of sp³-hybridized carbons (Fsp3) is 0.545. The maximum atomic E-state index is 12.0. The summed E-state index contributed by atoms with van der Waals surface area (Å²) in [5.41, 5.74) is 6.38. The number of benzene rings is 1. The predicted octanol–water partition coefficient (Wildman–Crippen LogP) is 6.43. The summed E-state index contributed by atoms with van der Waals surface area (Å²) in [7, 11) is 0. The molecule has 0 aliphatic heterocycles. The van der Waals surface area contributed by atoms with E-state index < -0.39 is 0 Å². The van der Waals surface area contributed by atoms with E-state index in [0.29, 0.717) is 0 Å². The van der Waals surface area contributed by atoms with Crippen LogP contribution in [0.3, 0.4) is 0 Å². The summed E-state index contributed by atoms with van der Waals surface area (Å²) < 4.78 is 0. The van der Waals surface area contributed by atoms with Crippen molar-refractivity contribution >= 4 is 17.1 Å². The molecule has 3 rings (SSSR count). The van der Waals surface area contributed by atoms with Crippen LogP contribution >= 0.6 is 11.3 Å². The molecule has 0 bridgehead atoms. The average Bonchev–Trinajstić information content (AvgIpc) is 3.02. The quantitative estimate of drug-likeness (QED) is 0.591. The fourth-order valence-corrected chi connectivity index (χ4v) is 4.52. The normalized spacial score (nSPS) is 16.2. The van der Waals surface area contributed by atoms with Crippen molar-refractivity contribution < 1.29 is 4.79 Å². The molecular formula is C22H29NOS. The van der Waals surface area contributed by atoms with E-state index in [1.54, 1.807) is 18.3 Å². The van der Waals surface area contributed by atoms with E-state index in [2.05, 4.69) is 37.9 Å². The Hall–Kier alpha value is -1.48. The van der Waals surface area contributed by atoms with Crippen LogP contribution in [-0.4, -0.2) is 10.8 Å². The van der Waals surface area contributed by atoms with E-state index in [4.69, 9.17) is 0 Å². The number of carbonyl (C=O) groups excluding carboxylic acids is 1. The van der Waals surface area contributed by atoms with Gasteiger partial charge in [-0.15, -0.1) is 11.3 Å². The van der Waals surface area contributed by atoms with Gasteiger partial charge in [-0.2, -0.15) is 0 Å². The third kappa shape index (κ3) is 4.38. The first kappa shape index (κ1) is 18.3. The van der Waals surface area contributed by atoms with Crippen LogP contribution < -0.4 is 0 Å². The molecule has 0 saturated heterocycles. The molecule has 0 amide bonds. The van der Waals surface area contributed by atoms with Crippen molar-refractivity contribution in [1.29, 1.82) is 0 Å². The number of ketones is 1. The van der Waals surface area contributed by atoms with Crippen molar-refractivity contribution in [2.75, 3.05) is 0 Å². The van der Waals surface area contributed by atoms with E-state index in [-0.39, 0.29) is 11.2 Å². The summed E-state index contributed by atoms with van der Waals surface area (Å²) in [5.74, 6) is 0.901. The van der Waals surface area contributed by atoms with Crippen molar-refractivity contribution in [3.05, 3.63) is 40.5 Å². The third-order valence-corrected chi connectivity index (χ3v) is 6.23. The van der Waals surface area contributed by atoms with Gasteiger partial charge in [0.05, 0.1) is 16.1 Å². The Labute approximate surface area is 155 Å². The average molecular weight is 356 g/mol. The molecule has 3 heteroatoms. The zero-order valence-corrected chi connectivity index (χ0v) is 16.7. The Morgan fingerprint density at radius 1 is 1.16 bits per heavy atom. The number of hydrogen-bond acceptors (Lipinski definition) is 3. The van der Waals surface area contributed by atoms with Crippen LogP contribution in [0, 0.1) is 5.92 Å². The van der Waals surface area contributed by atoms with Crippen LogP contribution in [0.5, 0.6) is 0 Å². The molecule has 1 fully saturated rings. The van der Waals surface area contributed by atoms with Gasteiger partial charge in [0.1, 0.15) is 0 Å². The smallest absolute Gasteiger partial charge is 0.159 e. The fourth-order valence-electron chi connectivity index (χ4n) is 3.71. The molecule has 2 aromatic rings. The summed E-state index contributed by atoms with van der Waals surface area (Å²) in [5, 5.41) is 0. The standard InChI is InChI=1S/C22H29NOS/c1-15(24)17-11-18(13-19(12-17)22(2,3)4)21-20(23-14-25-21)10-16-8-6-5-7-9-16/h11-14,16H,5-10H2,1-4H3. The van der Waals surface area contributed by atoms with Crippen molar-refractivity contribution in [1.82, 2.24) is 4.98 Å². The van der Waals surface area contributed by atoms with E-state index in [0.717, 1.165) is 23.5 Å². The van der Waals surface area contributed by atoms with Gasteiger partial charge in [-0.3, -0.25) is 4.79 Å². The maximum absolute atomic E-state index is 12.0. The Balaban J connectivity index is 1.97. The van der Waals surface area contributed by atoms with Crippen molar-refractivity contribution in [3.8, 4) is 10.4 Å². The van der Waals surface area contributed by atoms with Crippen LogP contribution in [0.1, 0.15) is 81.4 Å². The lowest BCUT2D eigenvalue weighted by molar-refractivity contribution is 0.101. The van der Waals surface area contributed by atoms with Gasteiger partial charge in [-0.05, 0) is 54.0 Å². The highest BCUT2D eigenvalue weighted by molar-refractivity contribution is 7.13. The van der Waals surface area contributed by atoms with E-state index in [9.17, 15) is 4.79 Å². The predicted molar refractivity (Wildman–Crippen MR) is 107 cm³/mol. The molecular weight excluding hydrogens is 326 g/mol. The van der Waals surface area contributed by atoms with Gasteiger partial charge in [0.2, 0.25) is 0 Å². The highest BCUT2D eigenvalue weighted by Gasteiger charge is 2.21. The van der Waals surface area contributed by atoms with Gasteiger partial charge in [0.25, 0.3) is 0 Å². The Morgan fingerprint density at radius 3 is 2.52 bits per heavy atom. The number of nitrogens with zero attached hydrogens (tertiary/aromatic N) is 1. The molecule has 25 heavy (non-hydrogen) atoms. The number of thiazole rings is 1. The summed E-state index contributed by atoms with van der Waals surface area (Å²) >= 11 is 1.71. The van der Waals surface area contributed by atoms with Gasteiger partial charge >= 0.3 is 0 Å². The molecule has 1 aliphatic carbocycles. The molecule has 0 radical (unpaired) electrons. The lowest BCUT2D eigenvalue weighted by Crippen LogP contribution is -2.13. The maximum Gasteiger partial charge on any atom is 0.159 e. The Morgan fingerprint density at radius 2 is 1.88 bits per heavy atom. The monoisotopic (exact) mass is 355 g/mol. The van der Waals surface area contributed by atoms with Crippen LogP contribution in [0.15, 0.2) is 23.7 Å². The van der Waals surface area contributed by atoms with Gasteiger partial charge in [0, 0.05) is 5.56 Å². The largest absolute Gasteiger partial charge is 0.295 e. The SMILES string of the molecule is CC(=O)c1cc(-c2scnc2CC2CCCCC2)cc(C(C)(C)C)c1. The topological polar surface area (TPSA) is 30.0 Å². The van der Waals surface area contributed by atoms with E-state index in [1.165, 1.54) is 48.2 Å². The van der Waals surface area contributed by atoms with Crippen LogP contribution in [0.25, 0.3) is 10.4 Å². The number of carbonyl (C=O) groups is 1. The lowest BCUT2D eigenvalue weighted by Gasteiger charge is -2.22. The van der Waals surface area contributed by atoms with Gasteiger partial charge in [0.15, 0.2) is 5.78 Å². The summed E-state index contributed by atoms with van der Waals surface area (Å²) in [4.78, 5) is 18.0. The molecule has 0 atom stereocenters. The highest BCUT2D eigenvalue weighted by atomic mass is 32.1. The zero-order valence-electron chi connectivity index (χ0n) is 15.9. The van der Waals surface area contributed by atoms with Crippen molar-refractivity contribution in [2.45, 2.75) is 71.6 Å². The molecule has 1 aliphatic rings. The zero-order chi connectivity index (χ0) is 18.0. The highest BCUT2D eigenvalue weighted by Crippen LogP contribution is 2.36. The second-order valence-electron chi connectivity index (χ2n) is 8.44. The van der Waals surface area contributed by atoms with E-state index >= 15 is 0 Å². The molecule has 2 nitrogen and oxygen atoms in total. The first-order chi connectivity index (χ1) is 11.8. The van der Waals surface area contributed by atoms with Gasteiger partial charge in [-0.1, -0.05) is 52.9 Å². The van der Waals surface area contributed by atoms with Crippen LogP contribution in [-0.2, 0) is 11.8 Å². The Bertz CT molecular complexity index is 748. The van der Waals surface area contributed by atoms with Gasteiger partial charge in [-0.25, -0.2) is 4.98 Å². The second kappa shape index (κ2) is 7.41. The minimum absolute atomic E-state index is 0.0223. The molecule has 1 heterocycles.